The lowest BCUT2D eigenvalue weighted by Gasteiger charge is -2.39. The second kappa shape index (κ2) is 11.9. The smallest absolute Gasteiger partial charge is 0.330 e. The van der Waals surface area contributed by atoms with E-state index < -0.39 is 54.5 Å². The summed E-state index contributed by atoms with van der Waals surface area (Å²) in [5.41, 5.74) is 0.501. The van der Waals surface area contributed by atoms with E-state index in [1.54, 1.807) is 12.1 Å². The number of ether oxygens (including phenoxy) is 3. The Kier molecular flexibility index (Phi) is 8.13. The van der Waals surface area contributed by atoms with Crippen molar-refractivity contribution in [2.45, 2.75) is 30.7 Å². The number of aliphatic hydroxyl groups excluding tert-OH is 3. The minimum absolute atomic E-state index is 0.0205. The van der Waals surface area contributed by atoms with Crippen LogP contribution in [0.25, 0.3) is 28.4 Å². The Morgan fingerprint density at radius 2 is 1.52 bits per heavy atom. The minimum Gasteiger partial charge on any atom is -0.508 e. The van der Waals surface area contributed by atoms with Crippen LogP contribution in [-0.2, 0) is 14.3 Å². The van der Waals surface area contributed by atoms with Crippen LogP contribution in [-0.4, -0.2) is 73.9 Å². The number of hydrogen-bond acceptors (Lipinski definition) is 12. The molecule has 0 unspecified atom stereocenters. The molecule has 3 aromatic carbocycles. The maximum atomic E-state index is 12.7. The fraction of sp³-hybridized carbons (Fsp3) is 0.200. The van der Waals surface area contributed by atoms with E-state index in [0.717, 1.165) is 12.1 Å². The fourth-order valence-corrected chi connectivity index (χ4v) is 4.33. The van der Waals surface area contributed by atoms with Gasteiger partial charge in [0.25, 0.3) is 0 Å². The average Bonchev–Trinajstić information content (AvgIpc) is 2.96. The van der Waals surface area contributed by atoms with Gasteiger partial charge in [0.1, 0.15) is 70.8 Å². The highest BCUT2D eigenvalue weighted by Gasteiger charge is 2.45. The number of aliphatic hydroxyl groups is 3. The van der Waals surface area contributed by atoms with E-state index in [9.17, 15) is 40.2 Å². The Morgan fingerprint density at radius 3 is 2.21 bits per heavy atom. The first kappa shape index (κ1) is 28.6. The van der Waals surface area contributed by atoms with Crippen LogP contribution in [0, 0.1) is 0 Å². The SMILES string of the molecule is O=C(/C=C/c1ccc(O)cc1)OC[C@H]1O[C@@H](Oc2cc(O)c3c(=O)cc(-c4ccc(O)cc4)oc3c2)[C@H](O)[C@@H](O)[C@H]1O. The summed E-state index contributed by atoms with van der Waals surface area (Å²) in [7, 11) is 0. The standard InChI is InChI=1S/C30H26O12/c31-17-6-1-15(2-7-17)3-10-25(35)39-14-24-27(36)28(37)29(38)30(42-24)40-19-11-20(33)26-21(34)13-22(41-23(26)12-19)16-4-8-18(32)9-5-16/h1-13,24,27-33,36-38H,14H2/b10-3+/t24-,27+,28+,29-,30-/m1/s1. The molecule has 1 saturated heterocycles. The van der Waals surface area contributed by atoms with Gasteiger partial charge in [0.2, 0.25) is 6.29 Å². The topological polar surface area (TPSA) is 196 Å². The highest BCUT2D eigenvalue weighted by Crippen LogP contribution is 2.33. The van der Waals surface area contributed by atoms with Crippen LogP contribution in [0.2, 0.25) is 0 Å². The Hall–Kier alpha value is -4.88. The molecule has 0 bridgehead atoms. The third-order valence-corrected chi connectivity index (χ3v) is 6.55. The van der Waals surface area contributed by atoms with Crippen molar-refractivity contribution >= 4 is 23.0 Å². The summed E-state index contributed by atoms with van der Waals surface area (Å²) in [5, 5.41) is 60.5. The molecule has 0 aliphatic carbocycles. The van der Waals surface area contributed by atoms with Gasteiger partial charge in [0, 0.05) is 29.8 Å². The van der Waals surface area contributed by atoms with Gasteiger partial charge in [0.05, 0.1) is 0 Å². The molecule has 12 heteroatoms. The van der Waals surface area contributed by atoms with Gasteiger partial charge >= 0.3 is 5.97 Å². The van der Waals surface area contributed by atoms with Crippen LogP contribution in [0.1, 0.15) is 5.56 Å². The van der Waals surface area contributed by atoms with Gasteiger partial charge in [-0.2, -0.15) is 0 Å². The van der Waals surface area contributed by atoms with E-state index in [1.807, 2.05) is 0 Å². The summed E-state index contributed by atoms with van der Waals surface area (Å²) in [6.45, 7) is -0.503. The molecule has 0 radical (unpaired) electrons. The van der Waals surface area contributed by atoms with E-state index in [-0.39, 0.29) is 34.0 Å². The van der Waals surface area contributed by atoms with Gasteiger partial charge in [-0.3, -0.25) is 4.79 Å². The molecule has 1 fully saturated rings. The normalized spacial score (nSPS) is 22.3. The van der Waals surface area contributed by atoms with E-state index in [1.165, 1.54) is 54.6 Å². The van der Waals surface area contributed by atoms with Crippen molar-refractivity contribution in [3.8, 4) is 34.3 Å². The molecule has 0 spiro atoms. The van der Waals surface area contributed by atoms with Crippen molar-refractivity contribution in [3.63, 3.8) is 0 Å². The summed E-state index contributed by atoms with van der Waals surface area (Å²) < 4.78 is 22.2. The summed E-state index contributed by atoms with van der Waals surface area (Å²) in [6.07, 6.45) is -5.43. The Balaban J connectivity index is 1.31. The third-order valence-electron chi connectivity index (χ3n) is 6.55. The predicted octanol–water partition coefficient (Wildman–Crippen LogP) is 2.02. The quantitative estimate of drug-likeness (QED) is 0.138. The lowest BCUT2D eigenvalue weighted by molar-refractivity contribution is -0.278. The van der Waals surface area contributed by atoms with Crippen molar-refractivity contribution in [2.75, 3.05) is 6.61 Å². The molecular weight excluding hydrogens is 552 g/mol. The number of phenols is 3. The molecule has 5 rings (SSSR count). The van der Waals surface area contributed by atoms with Gasteiger partial charge in [-0.15, -0.1) is 0 Å². The number of fused-ring (bicyclic) bond motifs is 1. The molecule has 6 N–H and O–H groups in total. The van der Waals surface area contributed by atoms with Gasteiger partial charge in [-0.25, -0.2) is 4.79 Å². The minimum atomic E-state index is -1.74. The van der Waals surface area contributed by atoms with Crippen molar-refractivity contribution in [2.24, 2.45) is 0 Å². The summed E-state index contributed by atoms with van der Waals surface area (Å²) in [4.78, 5) is 24.9. The molecule has 2 heterocycles. The van der Waals surface area contributed by atoms with Crippen LogP contribution < -0.4 is 10.2 Å². The lowest BCUT2D eigenvalue weighted by atomic mass is 9.99. The zero-order valence-electron chi connectivity index (χ0n) is 21.7. The molecule has 0 amide bonds. The van der Waals surface area contributed by atoms with E-state index >= 15 is 0 Å². The number of carbonyl (C=O) groups excluding carboxylic acids is 1. The van der Waals surface area contributed by atoms with Crippen molar-refractivity contribution in [1.82, 2.24) is 0 Å². The van der Waals surface area contributed by atoms with E-state index in [4.69, 9.17) is 18.6 Å². The third kappa shape index (κ3) is 6.21. The molecule has 0 saturated carbocycles. The molecule has 1 aliphatic rings. The highest BCUT2D eigenvalue weighted by atomic mass is 16.7. The van der Waals surface area contributed by atoms with Crippen LogP contribution >= 0.6 is 0 Å². The fourth-order valence-electron chi connectivity index (χ4n) is 4.33. The average molecular weight is 579 g/mol. The van der Waals surface area contributed by atoms with Crippen LogP contribution in [0.5, 0.6) is 23.0 Å². The number of benzene rings is 3. The van der Waals surface area contributed by atoms with Crippen LogP contribution in [0.3, 0.4) is 0 Å². The number of carbonyl (C=O) groups is 1. The second-order valence-corrected chi connectivity index (χ2v) is 9.52. The maximum absolute atomic E-state index is 12.7. The van der Waals surface area contributed by atoms with Crippen molar-refractivity contribution < 1.29 is 54.1 Å². The summed E-state index contributed by atoms with van der Waals surface area (Å²) >= 11 is 0. The largest absolute Gasteiger partial charge is 0.508 e. The first-order valence-electron chi connectivity index (χ1n) is 12.7. The van der Waals surface area contributed by atoms with Gasteiger partial charge < -0.3 is 49.3 Å². The summed E-state index contributed by atoms with van der Waals surface area (Å²) in [6, 6.07) is 15.5. The maximum Gasteiger partial charge on any atom is 0.330 e. The predicted molar refractivity (Wildman–Crippen MR) is 147 cm³/mol. The first-order valence-corrected chi connectivity index (χ1v) is 12.7. The van der Waals surface area contributed by atoms with Crippen LogP contribution in [0.15, 0.2) is 82.0 Å². The number of hydrogen-bond donors (Lipinski definition) is 6. The monoisotopic (exact) mass is 578 g/mol. The zero-order valence-corrected chi connectivity index (χ0v) is 21.7. The van der Waals surface area contributed by atoms with Crippen molar-refractivity contribution in [3.05, 3.63) is 88.6 Å². The zero-order chi connectivity index (χ0) is 30.0. The van der Waals surface area contributed by atoms with Gasteiger partial charge in [-0.1, -0.05) is 12.1 Å². The van der Waals surface area contributed by atoms with E-state index in [2.05, 4.69) is 0 Å². The lowest BCUT2D eigenvalue weighted by Crippen LogP contribution is -2.60. The molecule has 1 aliphatic heterocycles. The molecule has 42 heavy (non-hydrogen) atoms. The molecule has 5 atom stereocenters. The number of aromatic hydroxyl groups is 3. The van der Waals surface area contributed by atoms with Crippen molar-refractivity contribution in [1.29, 1.82) is 0 Å². The Bertz CT molecular complexity index is 1660. The van der Waals surface area contributed by atoms with E-state index in [0.29, 0.717) is 11.1 Å². The molecule has 218 valence electrons. The number of esters is 1. The summed E-state index contributed by atoms with van der Waals surface area (Å²) in [5.74, 6) is -1.13. The second-order valence-electron chi connectivity index (χ2n) is 9.52. The molecule has 4 aromatic rings. The number of phenolic OH excluding ortho intramolecular Hbond substituents is 3. The first-order chi connectivity index (χ1) is 20.1. The Morgan fingerprint density at radius 1 is 0.857 bits per heavy atom. The molecule has 12 nitrogen and oxygen atoms in total. The van der Waals surface area contributed by atoms with Gasteiger partial charge in [0.15, 0.2) is 5.43 Å². The van der Waals surface area contributed by atoms with Crippen LogP contribution in [0.4, 0.5) is 0 Å². The molecular formula is C30H26O12. The Labute approximate surface area is 237 Å². The molecule has 1 aromatic heterocycles. The number of rotatable bonds is 7. The highest BCUT2D eigenvalue weighted by molar-refractivity contribution is 5.87. The van der Waals surface area contributed by atoms with Gasteiger partial charge in [-0.05, 0) is 48.0 Å².